The van der Waals surface area contributed by atoms with E-state index < -0.39 is 17.7 Å². The van der Waals surface area contributed by atoms with Gasteiger partial charge >= 0.3 is 0 Å². The molecule has 0 saturated carbocycles. The highest BCUT2D eigenvalue weighted by Gasteiger charge is 2.19. The van der Waals surface area contributed by atoms with Crippen LogP contribution in [0.4, 0.5) is 14.6 Å². The zero-order chi connectivity index (χ0) is 21.3. The standard InChI is InChI=1S/C18H16F2N8O2/c19-14-2-1-3-15(16(14)20)28-18(24-25-26-28)13-4-10(5-22-17(13)21)11-6-23-27(7-11)8-12(30)9-29/h1-7,12,29-30H,8-9H2,(H2,21,22). The number of anilines is 1. The summed E-state index contributed by atoms with van der Waals surface area (Å²) >= 11 is 0. The number of rotatable bonds is 6. The Morgan fingerprint density at radius 2 is 2.00 bits per heavy atom. The second-order valence-corrected chi connectivity index (χ2v) is 6.43. The number of aliphatic hydroxyl groups is 2. The molecule has 0 saturated heterocycles. The summed E-state index contributed by atoms with van der Waals surface area (Å²) in [6.07, 6.45) is 3.78. The van der Waals surface area contributed by atoms with E-state index in [-0.39, 0.29) is 30.5 Å². The van der Waals surface area contributed by atoms with E-state index in [1.807, 2.05) is 0 Å². The van der Waals surface area contributed by atoms with Crippen molar-refractivity contribution in [3.05, 3.63) is 54.5 Å². The molecular weight excluding hydrogens is 398 g/mol. The molecule has 0 radical (unpaired) electrons. The van der Waals surface area contributed by atoms with Crippen LogP contribution in [-0.4, -0.2) is 57.9 Å². The van der Waals surface area contributed by atoms with Gasteiger partial charge in [0.2, 0.25) is 0 Å². The van der Waals surface area contributed by atoms with Gasteiger partial charge in [-0.2, -0.15) is 9.78 Å². The van der Waals surface area contributed by atoms with Gasteiger partial charge in [0, 0.05) is 23.5 Å². The molecule has 3 aromatic heterocycles. The maximum Gasteiger partial charge on any atom is 0.190 e. The van der Waals surface area contributed by atoms with Crippen LogP contribution in [0.5, 0.6) is 0 Å². The van der Waals surface area contributed by atoms with Crippen molar-refractivity contribution in [1.29, 1.82) is 0 Å². The molecule has 0 spiro atoms. The van der Waals surface area contributed by atoms with Crippen molar-refractivity contribution in [3.8, 4) is 28.2 Å². The van der Waals surface area contributed by atoms with Crippen molar-refractivity contribution in [2.24, 2.45) is 0 Å². The van der Waals surface area contributed by atoms with Gasteiger partial charge in [0.25, 0.3) is 0 Å². The summed E-state index contributed by atoms with van der Waals surface area (Å²) < 4.78 is 30.4. The fourth-order valence-corrected chi connectivity index (χ4v) is 2.87. The van der Waals surface area contributed by atoms with E-state index in [9.17, 15) is 13.9 Å². The number of hydrogen-bond donors (Lipinski definition) is 3. The molecule has 1 aromatic carbocycles. The third-order valence-electron chi connectivity index (χ3n) is 4.36. The van der Waals surface area contributed by atoms with Crippen LogP contribution in [0.15, 0.2) is 42.9 Å². The van der Waals surface area contributed by atoms with E-state index in [0.29, 0.717) is 16.7 Å². The average molecular weight is 414 g/mol. The van der Waals surface area contributed by atoms with Gasteiger partial charge in [-0.1, -0.05) is 6.07 Å². The third kappa shape index (κ3) is 3.60. The summed E-state index contributed by atoms with van der Waals surface area (Å²) in [7, 11) is 0. The van der Waals surface area contributed by atoms with Gasteiger partial charge in [0.05, 0.1) is 31.0 Å². The van der Waals surface area contributed by atoms with Gasteiger partial charge in [0.1, 0.15) is 11.5 Å². The van der Waals surface area contributed by atoms with Gasteiger partial charge in [-0.15, -0.1) is 5.10 Å². The Balaban J connectivity index is 1.74. The van der Waals surface area contributed by atoms with Crippen LogP contribution < -0.4 is 5.73 Å². The Kier molecular flexibility index (Phi) is 5.16. The fourth-order valence-electron chi connectivity index (χ4n) is 2.87. The number of halogens is 2. The molecule has 0 fully saturated rings. The molecule has 0 amide bonds. The second kappa shape index (κ2) is 7.93. The number of tetrazole rings is 1. The van der Waals surface area contributed by atoms with Crippen LogP contribution in [-0.2, 0) is 6.54 Å². The molecule has 3 heterocycles. The topological polar surface area (TPSA) is 141 Å². The summed E-state index contributed by atoms with van der Waals surface area (Å²) in [4.78, 5) is 4.15. The molecule has 10 nitrogen and oxygen atoms in total. The number of nitrogens with zero attached hydrogens (tertiary/aromatic N) is 7. The predicted octanol–water partition coefficient (Wildman–Crippen LogP) is 0.801. The molecule has 1 atom stereocenters. The SMILES string of the molecule is Nc1ncc(-c2cnn(CC(O)CO)c2)cc1-c1nnnn1-c1cccc(F)c1F. The fraction of sp³-hybridized carbons (Fsp3) is 0.167. The van der Waals surface area contributed by atoms with Gasteiger partial charge in [-0.25, -0.2) is 13.8 Å². The van der Waals surface area contributed by atoms with E-state index in [0.717, 1.165) is 10.7 Å². The molecule has 12 heteroatoms. The average Bonchev–Trinajstić information content (AvgIpc) is 3.40. The quantitative estimate of drug-likeness (QED) is 0.421. The van der Waals surface area contributed by atoms with Gasteiger partial charge in [-0.05, 0) is 28.6 Å². The number of nitrogens with two attached hydrogens (primary N) is 1. The van der Waals surface area contributed by atoms with E-state index in [1.54, 1.807) is 18.5 Å². The molecule has 4 rings (SSSR count). The van der Waals surface area contributed by atoms with Crippen LogP contribution in [0, 0.1) is 11.6 Å². The molecule has 30 heavy (non-hydrogen) atoms. The van der Waals surface area contributed by atoms with Gasteiger partial charge < -0.3 is 15.9 Å². The van der Waals surface area contributed by atoms with E-state index in [4.69, 9.17) is 10.8 Å². The van der Waals surface area contributed by atoms with Crippen molar-refractivity contribution < 1.29 is 19.0 Å². The lowest BCUT2D eigenvalue weighted by molar-refractivity contribution is 0.0783. The number of benzene rings is 1. The summed E-state index contributed by atoms with van der Waals surface area (Å²) in [5.74, 6) is -1.96. The highest BCUT2D eigenvalue weighted by Crippen LogP contribution is 2.29. The lowest BCUT2D eigenvalue weighted by Crippen LogP contribution is -2.19. The maximum absolute atomic E-state index is 14.3. The van der Waals surface area contributed by atoms with Gasteiger partial charge in [-0.3, -0.25) is 4.68 Å². The van der Waals surface area contributed by atoms with Crippen molar-refractivity contribution >= 4 is 5.82 Å². The van der Waals surface area contributed by atoms with Crippen LogP contribution in [0.25, 0.3) is 28.2 Å². The lowest BCUT2D eigenvalue weighted by Gasteiger charge is -2.09. The maximum atomic E-state index is 14.3. The minimum Gasteiger partial charge on any atom is -0.394 e. The molecule has 4 N–H and O–H groups in total. The first-order valence-electron chi connectivity index (χ1n) is 8.78. The zero-order valence-electron chi connectivity index (χ0n) is 15.4. The highest BCUT2D eigenvalue weighted by molar-refractivity contribution is 5.76. The van der Waals surface area contributed by atoms with E-state index >= 15 is 0 Å². The summed E-state index contributed by atoms with van der Waals surface area (Å²) in [6.45, 7) is -0.273. The van der Waals surface area contributed by atoms with Crippen molar-refractivity contribution in [2.45, 2.75) is 12.6 Å². The normalized spacial score (nSPS) is 12.3. The minimum atomic E-state index is -1.10. The number of hydrogen-bond acceptors (Lipinski definition) is 8. The Labute approximate surface area is 168 Å². The monoisotopic (exact) mass is 414 g/mol. The number of aromatic nitrogens is 7. The molecule has 0 aliphatic carbocycles. The van der Waals surface area contributed by atoms with Crippen molar-refractivity contribution in [3.63, 3.8) is 0 Å². The predicted molar refractivity (Wildman–Crippen MR) is 101 cm³/mol. The van der Waals surface area contributed by atoms with Gasteiger partial charge in [0.15, 0.2) is 17.5 Å². The van der Waals surface area contributed by atoms with Crippen LogP contribution in [0.2, 0.25) is 0 Å². The highest BCUT2D eigenvalue weighted by atomic mass is 19.2. The summed E-state index contributed by atoms with van der Waals surface area (Å²) in [5, 5.41) is 33.9. The van der Waals surface area contributed by atoms with Crippen LogP contribution in [0.3, 0.4) is 0 Å². The first-order chi connectivity index (χ1) is 14.5. The van der Waals surface area contributed by atoms with E-state index in [2.05, 4.69) is 25.6 Å². The molecular formula is C18H16F2N8O2. The summed E-state index contributed by atoms with van der Waals surface area (Å²) in [6, 6.07) is 5.31. The smallest absolute Gasteiger partial charge is 0.190 e. The lowest BCUT2D eigenvalue weighted by atomic mass is 10.1. The Hall–Kier alpha value is -3.77. The molecule has 154 valence electrons. The number of nitrogen functional groups attached to an aromatic ring is 1. The van der Waals surface area contributed by atoms with Crippen molar-refractivity contribution in [1.82, 2.24) is 35.0 Å². The second-order valence-electron chi connectivity index (χ2n) is 6.43. The Bertz CT molecular complexity index is 1190. The third-order valence-corrected chi connectivity index (χ3v) is 4.36. The van der Waals surface area contributed by atoms with Crippen LogP contribution in [0.1, 0.15) is 0 Å². The molecule has 0 aliphatic rings. The molecule has 0 bridgehead atoms. The Morgan fingerprint density at radius 3 is 2.80 bits per heavy atom. The Morgan fingerprint density at radius 1 is 1.17 bits per heavy atom. The number of pyridine rings is 1. The molecule has 1 unspecified atom stereocenters. The van der Waals surface area contributed by atoms with Crippen LogP contribution >= 0.6 is 0 Å². The first-order valence-corrected chi connectivity index (χ1v) is 8.78. The largest absolute Gasteiger partial charge is 0.394 e. The van der Waals surface area contributed by atoms with E-state index in [1.165, 1.54) is 23.0 Å². The summed E-state index contributed by atoms with van der Waals surface area (Å²) in [5.41, 5.74) is 7.39. The van der Waals surface area contributed by atoms with Crippen molar-refractivity contribution in [2.75, 3.05) is 12.3 Å². The molecule has 4 aromatic rings. The number of aliphatic hydroxyl groups excluding tert-OH is 2. The minimum absolute atomic E-state index is 0.0782. The zero-order valence-corrected chi connectivity index (χ0v) is 15.4. The molecule has 0 aliphatic heterocycles. The first kappa shape index (κ1) is 19.5.